The van der Waals surface area contributed by atoms with Gasteiger partial charge in [-0.15, -0.1) is 11.3 Å². The van der Waals surface area contributed by atoms with E-state index in [4.69, 9.17) is 14.2 Å². The molecule has 3 rings (SSSR count). The van der Waals surface area contributed by atoms with Crippen LogP contribution in [0.1, 0.15) is 24.6 Å². The molecular weight excluding hydrogens is 374 g/mol. The number of thiazole rings is 1. The Labute approximate surface area is 168 Å². The Balaban J connectivity index is 1.56. The van der Waals surface area contributed by atoms with Crippen LogP contribution < -0.4 is 9.47 Å². The molecule has 0 saturated carbocycles. The van der Waals surface area contributed by atoms with Gasteiger partial charge >= 0.3 is 5.97 Å². The van der Waals surface area contributed by atoms with Crippen LogP contribution in [0.5, 0.6) is 11.5 Å². The summed E-state index contributed by atoms with van der Waals surface area (Å²) in [7, 11) is 1.61. The van der Waals surface area contributed by atoms with Gasteiger partial charge in [0.15, 0.2) is 11.5 Å². The molecule has 1 aromatic heterocycles. The third kappa shape index (κ3) is 5.33. The van der Waals surface area contributed by atoms with E-state index in [0.29, 0.717) is 30.9 Å². The molecule has 0 radical (unpaired) electrons. The van der Waals surface area contributed by atoms with Crippen molar-refractivity contribution < 1.29 is 19.0 Å². The minimum atomic E-state index is -0.221. The van der Waals surface area contributed by atoms with E-state index in [0.717, 1.165) is 21.8 Å². The van der Waals surface area contributed by atoms with E-state index in [2.05, 4.69) is 4.98 Å². The summed E-state index contributed by atoms with van der Waals surface area (Å²) in [5, 5.41) is 2.75. The zero-order valence-electron chi connectivity index (χ0n) is 16.0. The van der Waals surface area contributed by atoms with Crippen molar-refractivity contribution >= 4 is 17.3 Å². The lowest BCUT2D eigenvalue weighted by Gasteiger charge is -2.09. The van der Waals surface area contributed by atoms with Crippen LogP contribution >= 0.6 is 11.3 Å². The maximum absolute atomic E-state index is 12.0. The quantitative estimate of drug-likeness (QED) is 0.481. The Morgan fingerprint density at radius 2 is 1.93 bits per heavy atom. The monoisotopic (exact) mass is 397 g/mol. The fourth-order valence-electron chi connectivity index (χ4n) is 2.70. The maximum atomic E-state index is 12.0. The summed E-state index contributed by atoms with van der Waals surface area (Å²) in [4.78, 5) is 16.5. The highest BCUT2D eigenvalue weighted by Gasteiger charge is 2.11. The van der Waals surface area contributed by atoms with Crippen molar-refractivity contribution in [2.24, 2.45) is 0 Å². The number of esters is 1. The lowest BCUT2D eigenvalue weighted by Crippen LogP contribution is -2.06. The normalized spacial score (nSPS) is 10.5. The van der Waals surface area contributed by atoms with Crippen LogP contribution in [0.3, 0.4) is 0 Å². The second-order valence-electron chi connectivity index (χ2n) is 6.09. The molecular formula is C22H23NO4S. The Kier molecular flexibility index (Phi) is 7.03. The molecule has 5 nitrogen and oxygen atoms in total. The third-order valence-corrected chi connectivity index (χ3v) is 5.04. The van der Waals surface area contributed by atoms with Crippen molar-refractivity contribution in [3.63, 3.8) is 0 Å². The number of hydrogen-bond acceptors (Lipinski definition) is 6. The van der Waals surface area contributed by atoms with Crippen molar-refractivity contribution in [2.75, 3.05) is 13.7 Å². The zero-order chi connectivity index (χ0) is 19.8. The van der Waals surface area contributed by atoms with Gasteiger partial charge in [0.25, 0.3) is 0 Å². The standard InChI is InChI=1S/C22H23NO4S/c1-3-26-19-11-10-17(13-20(19)25-2)22-23-18(15-28-22)14-27-21(24)12-9-16-7-5-4-6-8-16/h4-8,10-11,13,15H,3,9,12,14H2,1-2H3. The first-order valence-electron chi connectivity index (χ1n) is 9.14. The summed E-state index contributed by atoms with van der Waals surface area (Å²) in [6, 6.07) is 15.6. The molecule has 0 atom stereocenters. The first kappa shape index (κ1) is 19.9. The Hall–Kier alpha value is -2.86. The minimum absolute atomic E-state index is 0.179. The second kappa shape index (κ2) is 9.90. The van der Waals surface area contributed by atoms with Gasteiger partial charge in [0.1, 0.15) is 11.6 Å². The number of aryl methyl sites for hydroxylation is 1. The molecule has 146 valence electrons. The zero-order valence-corrected chi connectivity index (χ0v) is 16.8. The molecule has 0 bridgehead atoms. The fourth-order valence-corrected chi connectivity index (χ4v) is 3.50. The second-order valence-corrected chi connectivity index (χ2v) is 6.95. The summed E-state index contributed by atoms with van der Waals surface area (Å²) in [5.74, 6) is 1.16. The smallest absolute Gasteiger partial charge is 0.306 e. The molecule has 0 amide bonds. The van der Waals surface area contributed by atoms with E-state index in [9.17, 15) is 4.79 Å². The lowest BCUT2D eigenvalue weighted by molar-refractivity contribution is -0.145. The molecule has 2 aromatic carbocycles. The summed E-state index contributed by atoms with van der Waals surface area (Å²) >= 11 is 1.50. The molecule has 0 N–H and O–H groups in total. The number of methoxy groups -OCH3 is 1. The third-order valence-electron chi connectivity index (χ3n) is 4.10. The molecule has 6 heteroatoms. The summed E-state index contributed by atoms with van der Waals surface area (Å²) in [6.07, 6.45) is 1.03. The van der Waals surface area contributed by atoms with Gasteiger partial charge in [0.05, 0.1) is 19.4 Å². The van der Waals surface area contributed by atoms with Crippen LogP contribution in [0.25, 0.3) is 10.6 Å². The van der Waals surface area contributed by atoms with Crippen molar-refractivity contribution in [1.82, 2.24) is 4.98 Å². The number of benzene rings is 2. The van der Waals surface area contributed by atoms with Crippen LogP contribution in [-0.4, -0.2) is 24.7 Å². The van der Waals surface area contributed by atoms with Crippen LogP contribution in [0.4, 0.5) is 0 Å². The summed E-state index contributed by atoms with van der Waals surface area (Å²) < 4.78 is 16.3. The number of carbonyl (C=O) groups is 1. The van der Waals surface area contributed by atoms with Crippen molar-refractivity contribution in [3.05, 3.63) is 65.2 Å². The summed E-state index contributed by atoms with van der Waals surface area (Å²) in [5.41, 5.74) is 2.80. The molecule has 0 saturated heterocycles. The van der Waals surface area contributed by atoms with Gasteiger partial charge in [-0.05, 0) is 37.1 Å². The maximum Gasteiger partial charge on any atom is 0.306 e. The van der Waals surface area contributed by atoms with Crippen LogP contribution in [0, 0.1) is 0 Å². The molecule has 0 spiro atoms. The number of ether oxygens (including phenoxy) is 3. The predicted octanol–water partition coefficient (Wildman–Crippen LogP) is 4.89. The van der Waals surface area contributed by atoms with Crippen molar-refractivity contribution in [1.29, 1.82) is 0 Å². The van der Waals surface area contributed by atoms with E-state index in [1.165, 1.54) is 11.3 Å². The first-order valence-corrected chi connectivity index (χ1v) is 10.0. The van der Waals surface area contributed by atoms with Gasteiger partial charge in [-0.25, -0.2) is 4.98 Å². The largest absolute Gasteiger partial charge is 0.493 e. The number of hydrogen-bond donors (Lipinski definition) is 0. The van der Waals surface area contributed by atoms with E-state index in [1.54, 1.807) is 7.11 Å². The highest BCUT2D eigenvalue weighted by molar-refractivity contribution is 7.13. The SMILES string of the molecule is CCOc1ccc(-c2nc(COC(=O)CCc3ccccc3)cs2)cc1OC. The van der Waals surface area contributed by atoms with E-state index in [-0.39, 0.29) is 12.6 Å². The van der Waals surface area contributed by atoms with Crippen LogP contribution in [-0.2, 0) is 22.6 Å². The molecule has 3 aromatic rings. The lowest BCUT2D eigenvalue weighted by atomic mass is 10.1. The molecule has 1 heterocycles. The van der Waals surface area contributed by atoms with Crippen LogP contribution in [0.2, 0.25) is 0 Å². The van der Waals surface area contributed by atoms with Gasteiger partial charge in [-0.2, -0.15) is 0 Å². The molecule has 28 heavy (non-hydrogen) atoms. The van der Waals surface area contributed by atoms with Crippen molar-refractivity contribution in [2.45, 2.75) is 26.4 Å². The number of carbonyl (C=O) groups excluding carboxylic acids is 1. The first-order chi connectivity index (χ1) is 13.7. The fraction of sp³-hybridized carbons (Fsp3) is 0.273. The molecule has 0 fully saturated rings. The predicted molar refractivity (Wildman–Crippen MR) is 110 cm³/mol. The van der Waals surface area contributed by atoms with Gasteiger partial charge in [0, 0.05) is 17.4 Å². The number of rotatable bonds is 9. The number of aromatic nitrogens is 1. The minimum Gasteiger partial charge on any atom is -0.493 e. The molecule has 0 aliphatic carbocycles. The molecule has 0 unspecified atom stereocenters. The van der Waals surface area contributed by atoms with Gasteiger partial charge in [-0.1, -0.05) is 30.3 Å². The van der Waals surface area contributed by atoms with E-state index >= 15 is 0 Å². The highest BCUT2D eigenvalue weighted by Crippen LogP contribution is 2.33. The van der Waals surface area contributed by atoms with E-state index in [1.807, 2.05) is 60.8 Å². The number of nitrogens with zero attached hydrogens (tertiary/aromatic N) is 1. The van der Waals surface area contributed by atoms with Crippen LogP contribution in [0.15, 0.2) is 53.9 Å². The topological polar surface area (TPSA) is 57.7 Å². The van der Waals surface area contributed by atoms with Gasteiger partial charge in [-0.3, -0.25) is 4.79 Å². The van der Waals surface area contributed by atoms with Gasteiger partial charge in [0.2, 0.25) is 0 Å². The average Bonchev–Trinajstić information content (AvgIpc) is 3.21. The molecule has 0 aliphatic rings. The summed E-state index contributed by atoms with van der Waals surface area (Å²) in [6.45, 7) is 2.69. The van der Waals surface area contributed by atoms with Crippen molar-refractivity contribution in [3.8, 4) is 22.1 Å². The van der Waals surface area contributed by atoms with Gasteiger partial charge < -0.3 is 14.2 Å². The highest BCUT2D eigenvalue weighted by atomic mass is 32.1. The van der Waals surface area contributed by atoms with E-state index < -0.39 is 0 Å². The molecule has 0 aliphatic heterocycles. The Morgan fingerprint density at radius 3 is 2.68 bits per heavy atom. The Morgan fingerprint density at radius 1 is 1.11 bits per heavy atom. The average molecular weight is 397 g/mol. The Bertz CT molecular complexity index is 908.